The Bertz CT molecular complexity index is 208. The first kappa shape index (κ1) is 21.4. The van der Waals surface area contributed by atoms with Crippen molar-refractivity contribution in [2.75, 3.05) is 32.0 Å². The van der Waals surface area contributed by atoms with E-state index >= 15 is 0 Å². The molecule has 0 rings (SSSR count). The van der Waals surface area contributed by atoms with Gasteiger partial charge in [0, 0.05) is 5.33 Å². The Balaban J connectivity index is 3.92. The van der Waals surface area contributed by atoms with Gasteiger partial charge in [-0.1, -0.05) is 68.3 Å². The van der Waals surface area contributed by atoms with E-state index in [1.165, 1.54) is 106 Å². The van der Waals surface area contributed by atoms with E-state index in [1.807, 2.05) is 0 Å². The summed E-state index contributed by atoms with van der Waals surface area (Å²) in [6, 6.07) is 0. The van der Waals surface area contributed by atoms with Crippen LogP contribution < -0.4 is 0 Å². The Morgan fingerprint density at radius 2 is 0.952 bits per heavy atom. The lowest BCUT2D eigenvalue weighted by molar-refractivity contribution is -0.910. The molecule has 1 atom stereocenters. The van der Waals surface area contributed by atoms with E-state index in [0.29, 0.717) is 0 Å². The highest BCUT2D eigenvalue weighted by Crippen LogP contribution is 2.14. The van der Waals surface area contributed by atoms with E-state index < -0.39 is 0 Å². The highest BCUT2D eigenvalue weighted by molar-refractivity contribution is 9.09. The second-order valence-corrected chi connectivity index (χ2v) is 7.81. The quantitative estimate of drug-likeness (QED) is 0.166. The Labute approximate surface area is 143 Å². The van der Waals surface area contributed by atoms with Crippen LogP contribution in [0, 0.1) is 0 Å². The molecule has 0 spiro atoms. The van der Waals surface area contributed by atoms with Crippen LogP contribution in [0.25, 0.3) is 0 Å². The fraction of sp³-hybridized carbons (Fsp3) is 1.00. The van der Waals surface area contributed by atoms with Gasteiger partial charge in [-0.15, -0.1) is 0 Å². The predicted molar refractivity (Wildman–Crippen MR) is 101 cm³/mol. The van der Waals surface area contributed by atoms with E-state index in [1.54, 1.807) is 0 Å². The monoisotopic (exact) mass is 362 g/mol. The minimum Gasteiger partial charge on any atom is -0.326 e. The van der Waals surface area contributed by atoms with E-state index in [4.69, 9.17) is 0 Å². The lowest BCUT2D eigenvalue weighted by Crippen LogP contribution is -2.46. The third-order valence-electron chi connectivity index (χ3n) is 4.68. The Hall–Kier alpha value is 0.440. The summed E-state index contributed by atoms with van der Waals surface area (Å²) in [4.78, 5) is 0. The average Bonchev–Trinajstić information content (AvgIpc) is 2.48. The highest BCUT2D eigenvalue weighted by atomic mass is 79.9. The molecule has 0 aliphatic carbocycles. The smallest absolute Gasteiger partial charge is 0.0784 e. The van der Waals surface area contributed by atoms with Crippen molar-refractivity contribution in [3.63, 3.8) is 0 Å². The molecule has 0 saturated heterocycles. The molecule has 0 fully saturated rings. The third-order valence-corrected chi connectivity index (χ3v) is 5.25. The fourth-order valence-electron chi connectivity index (χ4n) is 3.12. The molecule has 1 unspecified atom stereocenters. The number of unbranched alkanes of at least 4 members (excludes halogenated alkanes) is 9. The Morgan fingerprint density at radius 1 is 0.571 bits per heavy atom. The zero-order chi connectivity index (χ0) is 15.8. The molecule has 0 aromatic carbocycles. The predicted octanol–water partition coefficient (Wildman–Crippen LogP) is 6.55. The Kier molecular flexibility index (Phi) is 15.7. The summed E-state index contributed by atoms with van der Waals surface area (Å²) < 4.78 is 1.32. The first-order valence-electron chi connectivity index (χ1n) is 9.58. The molecule has 0 bridgehead atoms. The molecular formula is C19H41BrN+. The molecule has 0 aliphatic heterocycles. The number of nitrogens with zero attached hydrogens (tertiary/aromatic N) is 1. The number of hydrogen-bond acceptors (Lipinski definition) is 0. The molecule has 21 heavy (non-hydrogen) atoms. The molecular weight excluding hydrogens is 322 g/mol. The summed E-state index contributed by atoms with van der Waals surface area (Å²) in [5.41, 5.74) is 0. The van der Waals surface area contributed by atoms with Gasteiger partial charge < -0.3 is 4.48 Å². The number of quaternary nitrogens is 1. The molecule has 128 valence electrons. The molecule has 0 radical (unpaired) electrons. The lowest BCUT2D eigenvalue weighted by Gasteiger charge is -2.35. The van der Waals surface area contributed by atoms with E-state index in [0.717, 1.165) is 0 Å². The second kappa shape index (κ2) is 15.3. The van der Waals surface area contributed by atoms with Crippen LogP contribution in [0.4, 0.5) is 0 Å². The van der Waals surface area contributed by atoms with Gasteiger partial charge in [0.15, 0.2) is 0 Å². The van der Waals surface area contributed by atoms with Crippen LogP contribution in [-0.4, -0.2) is 36.5 Å². The first-order valence-corrected chi connectivity index (χ1v) is 10.7. The molecule has 0 aromatic rings. The van der Waals surface area contributed by atoms with Gasteiger partial charge in [-0.2, -0.15) is 0 Å². The van der Waals surface area contributed by atoms with Crippen LogP contribution in [0.1, 0.15) is 90.9 Å². The third kappa shape index (κ3) is 13.8. The van der Waals surface area contributed by atoms with Crippen molar-refractivity contribution in [3.8, 4) is 0 Å². The minimum atomic E-state index is 1.17. The molecule has 0 aromatic heterocycles. The van der Waals surface area contributed by atoms with Crippen LogP contribution >= 0.6 is 15.9 Å². The Morgan fingerprint density at radius 3 is 1.43 bits per heavy atom. The van der Waals surface area contributed by atoms with Gasteiger partial charge in [0.25, 0.3) is 0 Å². The zero-order valence-electron chi connectivity index (χ0n) is 15.1. The van der Waals surface area contributed by atoms with Gasteiger partial charge in [0.1, 0.15) is 0 Å². The molecule has 0 N–H and O–H groups in total. The van der Waals surface area contributed by atoms with Gasteiger partial charge >= 0.3 is 0 Å². The number of hydrogen-bond donors (Lipinski definition) is 0. The largest absolute Gasteiger partial charge is 0.326 e. The molecule has 0 saturated carbocycles. The van der Waals surface area contributed by atoms with Gasteiger partial charge in [-0.25, -0.2) is 0 Å². The molecule has 2 heteroatoms. The van der Waals surface area contributed by atoms with Gasteiger partial charge in [0.05, 0.1) is 26.7 Å². The van der Waals surface area contributed by atoms with E-state index in [9.17, 15) is 0 Å². The van der Waals surface area contributed by atoms with Gasteiger partial charge in [-0.3, -0.25) is 0 Å². The maximum atomic E-state index is 3.57. The van der Waals surface area contributed by atoms with Crippen LogP contribution in [0.5, 0.6) is 0 Å². The van der Waals surface area contributed by atoms with Crippen LogP contribution in [0.15, 0.2) is 0 Å². The normalized spacial score (nSPS) is 14.3. The fourth-order valence-corrected chi connectivity index (χ4v) is 3.51. The van der Waals surface area contributed by atoms with Crippen molar-refractivity contribution in [1.29, 1.82) is 0 Å². The van der Waals surface area contributed by atoms with Crippen molar-refractivity contribution in [2.24, 2.45) is 0 Å². The highest BCUT2D eigenvalue weighted by Gasteiger charge is 2.19. The molecule has 0 aliphatic rings. The maximum absolute atomic E-state index is 3.57. The standard InChI is InChI=1S/C19H41BrN/c1-4-6-8-10-11-14-18-21(3,19-15-12-16-20)17-13-9-7-5-2/h4-19H2,1-3H3/q+1. The number of halogens is 1. The second-order valence-electron chi connectivity index (χ2n) is 7.01. The van der Waals surface area contributed by atoms with Gasteiger partial charge in [-0.05, 0) is 38.5 Å². The van der Waals surface area contributed by atoms with Crippen molar-refractivity contribution < 1.29 is 4.48 Å². The zero-order valence-corrected chi connectivity index (χ0v) is 16.7. The number of alkyl halides is 1. The maximum Gasteiger partial charge on any atom is 0.0784 e. The van der Waals surface area contributed by atoms with Crippen LogP contribution in [0.3, 0.4) is 0 Å². The van der Waals surface area contributed by atoms with E-state index in [2.05, 4.69) is 36.8 Å². The van der Waals surface area contributed by atoms with Crippen molar-refractivity contribution >= 4 is 15.9 Å². The van der Waals surface area contributed by atoms with Crippen molar-refractivity contribution in [3.05, 3.63) is 0 Å². The minimum absolute atomic E-state index is 1.17. The molecule has 0 heterocycles. The summed E-state index contributed by atoms with van der Waals surface area (Å²) in [6.07, 6.45) is 16.9. The van der Waals surface area contributed by atoms with Crippen molar-refractivity contribution in [1.82, 2.24) is 0 Å². The topological polar surface area (TPSA) is 0 Å². The van der Waals surface area contributed by atoms with Crippen LogP contribution in [-0.2, 0) is 0 Å². The van der Waals surface area contributed by atoms with E-state index in [-0.39, 0.29) is 0 Å². The molecule has 0 amide bonds. The lowest BCUT2D eigenvalue weighted by atomic mass is 10.1. The summed E-state index contributed by atoms with van der Waals surface area (Å²) >= 11 is 3.57. The summed E-state index contributed by atoms with van der Waals surface area (Å²) in [7, 11) is 2.51. The first-order chi connectivity index (χ1) is 10.2. The van der Waals surface area contributed by atoms with Gasteiger partial charge in [0.2, 0.25) is 0 Å². The summed E-state index contributed by atoms with van der Waals surface area (Å²) in [6.45, 7) is 8.79. The summed E-state index contributed by atoms with van der Waals surface area (Å²) in [5, 5.41) is 1.17. The molecule has 1 nitrogen and oxygen atoms in total. The SMILES string of the molecule is CCCCCCCC[N+](C)(CCCCBr)CCCCCC. The number of rotatable bonds is 16. The van der Waals surface area contributed by atoms with Crippen LogP contribution in [0.2, 0.25) is 0 Å². The van der Waals surface area contributed by atoms with Crippen molar-refractivity contribution in [2.45, 2.75) is 90.9 Å². The average molecular weight is 363 g/mol. The summed E-state index contributed by atoms with van der Waals surface area (Å²) in [5.74, 6) is 0.